The molecular formula is C20H14N2O2. The molecule has 4 rings (SSSR count). The molecule has 0 amide bonds. The van der Waals surface area contributed by atoms with Crippen molar-refractivity contribution in [2.24, 2.45) is 10.6 Å². The Kier molecular flexibility index (Phi) is 3.78. The van der Waals surface area contributed by atoms with Gasteiger partial charge in [0.15, 0.2) is 11.5 Å². The number of nitrogens with zero attached hydrogens (tertiary/aromatic N) is 2. The molecule has 0 aliphatic rings. The molecule has 0 atom stereocenters. The first kappa shape index (κ1) is 14.2. The lowest BCUT2D eigenvalue weighted by atomic mass is 10.1. The monoisotopic (exact) mass is 314 g/mol. The molecule has 0 bridgehead atoms. The Bertz CT molecular complexity index is 934. The van der Waals surface area contributed by atoms with Crippen molar-refractivity contribution >= 4 is 21.5 Å². The molecule has 0 saturated heterocycles. The summed E-state index contributed by atoms with van der Waals surface area (Å²) in [6.45, 7) is 0. The number of rotatable bonds is 4. The molecule has 0 heterocycles. The van der Waals surface area contributed by atoms with E-state index in [1.807, 2.05) is 84.9 Å². The van der Waals surface area contributed by atoms with Crippen LogP contribution in [0.3, 0.4) is 0 Å². The van der Waals surface area contributed by atoms with Gasteiger partial charge in [0, 0.05) is 10.8 Å². The summed E-state index contributed by atoms with van der Waals surface area (Å²) in [5.41, 5.74) is 0. The van der Waals surface area contributed by atoms with Crippen LogP contribution in [0.15, 0.2) is 95.5 Å². The van der Waals surface area contributed by atoms with Crippen LogP contribution < -0.4 is 9.68 Å². The first-order chi connectivity index (χ1) is 11.9. The number of fused-ring (bicyclic) bond motifs is 2. The molecule has 4 heteroatoms. The highest BCUT2D eigenvalue weighted by Gasteiger charge is 2.02. The van der Waals surface area contributed by atoms with Gasteiger partial charge in [0.25, 0.3) is 0 Å². The van der Waals surface area contributed by atoms with Crippen molar-refractivity contribution in [2.45, 2.75) is 0 Å². The Morgan fingerprint density at radius 1 is 0.458 bits per heavy atom. The molecule has 0 spiro atoms. The average molecular weight is 314 g/mol. The highest BCUT2D eigenvalue weighted by atomic mass is 16.7. The van der Waals surface area contributed by atoms with Gasteiger partial charge in [-0.1, -0.05) is 72.8 Å². The van der Waals surface area contributed by atoms with E-state index in [1.54, 1.807) is 0 Å². The third kappa shape index (κ3) is 2.77. The summed E-state index contributed by atoms with van der Waals surface area (Å²) < 4.78 is 0. The van der Waals surface area contributed by atoms with E-state index in [0.717, 1.165) is 21.5 Å². The summed E-state index contributed by atoms with van der Waals surface area (Å²) in [4.78, 5) is 10.8. The fourth-order valence-corrected chi connectivity index (χ4v) is 2.67. The van der Waals surface area contributed by atoms with Crippen molar-refractivity contribution in [3.63, 3.8) is 0 Å². The highest BCUT2D eigenvalue weighted by Crippen LogP contribution is 2.27. The standard InChI is InChI=1S/C20H14N2O2/c1-3-11-17-15(7-1)9-5-13-19(17)23-21-22-24-20-14-6-10-16-8-2-4-12-18(16)20/h1-14H. The van der Waals surface area contributed by atoms with Crippen LogP contribution in [0, 0.1) is 0 Å². The molecule has 0 unspecified atom stereocenters. The van der Waals surface area contributed by atoms with Crippen LogP contribution in [0.5, 0.6) is 11.5 Å². The predicted octanol–water partition coefficient (Wildman–Crippen LogP) is 5.73. The second kappa shape index (κ2) is 6.38. The lowest BCUT2D eigenvalue weighted by molar-refractivity contribution is 0.211. The van der Waals surface area contributed by atoms with Gasteiger partial charge < -0.3 is 9.68 Å². The zero-order chi connectivity index (χ0) is 16.2. The molecule has 24 heavy (non-hydrogen) atoms. The minimum absolute atomic E-state index is 0.637. The number of benzene rings is 4. The van der Waals surface area contributed by atoms with E-state index in [-0.39, 0.29) is 0 Å². The Hall–Kier alpha value is -3.40. The number of hydrogen-bond acceptors (Lipinski definition) is 4. The molecule has 0 aromatic heterocycles. The van der Waals surface area contributed by atoms with Gasteiger partial charge in [-0.25, -0.2) is 0 Å². The maximum atomic E-state index is 5.39. The van der Waals surface area contributed by atoms with Crippen LogP contribution in [0.2, 0.25) is 0 Å². The largest absolute Gasteiger partial charge is 0.336 e. The predicted molar refractivity (Wildman–Crippen MR) is 94.0 cm³/mol. The SMILES string of the molecule is c1ccc2c(ON=NOc3cccc4ccccc34)cccc2c1. The van der Waals surface area contributed by atoms with Crippen LogP contribution in [0.1, 0.15) is 0 Å². The Morgan fingerprint density at radius 2 is 0.875 bits per heavy atom. The van der Waals surface area contributed by atoms with Gasteiger partial charge in [-0.3, -0.25) is 0 Å². The van der Waals surface area contributed by atoms with Crippen LogP contribution in [-0.2, 0) is 0 Å². The second-order valence-electron chi connectivity index (χ2n) is 5.30. The van der Waals surface area contributed by atoms with Gasteiger partial charge in [0.05, 0.1) is 10.6 Å². The Morgan fingerprint density at radius 3 is 1.38 bits per heavy atom. The minimum Gasteiger partial charge on any atom is -0.336 e. The normalized spacial score (nSPS) is 11.2. The van der Waals surface area contributed by atoms with Gasteiger partial charge in [-0.05, 0) is 22.9 Å². The Labute approximate surface area is 138 Å². The Balaban J connectivity index is 1.53. The van der Waals surface area contributed by atoms with Gasteiger partial charge >= 0.3 is 0 Å². The molecule has 0 N–H and O–H groups in total. The van der Waals surface area contributed by atoms with Crippen LogP contribution in [-0.4, -0.2) is 0 Å². The van der Waals surface area contributed by atoms with Crippen molar-refractivity contribution in [1.29, 1.82) is 0 Å². The highest BCUT2D eigenvalue weighted by molar-refractivity contribution is 5.88. The average Bonchev–Trinajstić information content (AvgIpc) is 2.65. The maximum absolute atomic E-state index is 5.39. The van der Waals surface area contributed by atoms with Crippen molar-refractivity contribution < 1.29 is 9.68 Å². The summed E-state index contributed by atoms with van der Waals surface area (Å²) in [6.07, 6.45) is 0. The van der Waals surface area contributed by atoms with Gasteiger partial charge in [-0.2, -0.15) is 0 Å². The molecule has 4 nitrogen and oxygen atoms in total. The summed E-state index contributed by atoms with van der Waals surface area (Å²) in [5.74, 6) is 1.27. The third-order valence-electron chi connectivity index (χ3n) is 3.81. The molecular weight excluding hydrogens is 300 g/mol. The van der Waals surface area contributed by atoms with E-state index >= 15 is 0 Å². The summed E-state index contributed by atoms with van der Waals surface area (Å²) >= 11 is 0. The summed E-state index contributed by atoms with van der Waals surface area (Å²) in [5, 5.41) is 11.5. The van der Waals surface area contributed by atoms with E-state index in [1.165, 1.54) is 0 Å². The fourth-order valence-electron chi connectivity index (χ4n) is 2.67. The maximum Gasteiger partial charge on any atom is 0.167 e. The smallest absolute Gasteiger partial charge is 0.167 e. The zero-order valence-corrected chi connectivity index (χ0v) is 12.8. The second-order valence-corrected chi connectivity index (χ2v) is 5.30. The molecule has 4 aromatic rings. The first-order valence-electron chi connectivity index (χ1n) is 7.62. The van der Waals surface area contributed by atoms with Crippen molar-refractivity contribution in [3.05, 3.63) is 84.9 Å². The van der Waals surface area contributed by atoms with Crippen molar-refractivity contribution in [3.8, 4) is 11.5 Å². The van der Waals surface area contributed by atoms with E-state index in [9.17, 15) is 0 Å². The van der Waals surface area contributed by atoms with Crippen molar-refractivity contribution in [2.75, 3.05) is 0 Å². The molecule has 0 fully saturated rings. The minimum atomic E-state index is 0.637. The molecule has 0 radical (unpaired) electrons. The summed E-state index contributed by atoms with van der Waals surface area (Å²) in [6, 6.07) is 27.4. The lowest BCUT2D eigenvalue weighted by Gasteiger charge is -2.04. The van der Waals surface area contributed by atoms with E-state index in [2.05, 4.69) is 10.6 Å². The van der Waals surface area contributed by atoms with Crippen molar-refractivity contribution in [1.82, 2.24) is 0 Å². The summed E-state index contributed by atoms with van der Waals surface area (Å²) in [7, 11) is 0. The first-order valence-corrected chi connectivity index (χ1v) is 7.62. The van der Waals surface area contributed by atoms with E-state index < -0.39 is 0 Å². The number of hydrogen-bond donors (Lipinski definition) is 0. The van der Waals surface area contributed by atoms with Crippen LogP contribution in [0.25, 0.3) is 21.5 Å². The van der Waals surface area contributed by atoms with Crippen LogP contribution >= 0.6 is 0 Å². The van der Waals surface area contributed by atoms with Gasteiger partial charge in [0.2, 0.25) is 0 Å². The molecule has 0 aliphatic carbocycles. The zero-order valence-electron chi connectivity index (χ0n) is 12.8. The molecule has 0 saturated carbocycles. The topological polar surface area (TPSA) is 43.2 Å². The quantitative estimate of drug-likeness (QED) is 0.356. The third-order valence-corrected chi connectivity index (χ3v) is 3.81. The van der Waals surface area contributed by atoms with E-state index in [4.69, 9.17) is 9.68 Å². The van der Waals surface area contributed by atoms with Gasteiger partial charge in [0.1, 0.15) is 0 Å². The van der Waals surface area contributed by atoms with Gasteiger partial charge in [-0.15, -0.1) is 0 Å². The lowest BCUT2D eigenvalue weighted by Crippen LogP contribution is -1.87. The molecule has 4 aromatic carbocycles. The van der Waals surface area contributed by atoms with Crippen LogP contribution in [0.4, 0.5) is 0 Å². The fraction of sp³-hybridized carbons (Fsp3) is 0. The van der Waals surface area contributed by atoms with E-state index in [0.29, 0.717) is 11.5 Å². The molecule has 0 aliphatic heterocycles. The molecule has 116 valence electrons.